The number of carbonyl (C=O) groups excluding carboxylic acids is 1. The van der Waals surface area contributed by atoms with Crippen molar-refractivity contribution in [3.8, 4) is 11.5 Å². The number of carbonyl (C=O) groups is 2. The van der Waals surface area contributed by atoms with E-state index in [1.807, 2.05) is 20.8 Å². The summed E-state index contributed by atoms with van der Waals surface area (Å²) in [4.78, 5) is 28.1. The molecule has 2 aromatic heterocycles. The van der Waals surface area contributed by atoms with E-state index < -0.39 is 11.8 Å². The highest BCUT2D eigenvalue weighted by molar-refractivity contribution is 5.95. The number of pyridine rings is 1. The summed E-state index contributed by atoms with van der Waals surface area (Å²) in [6.07, 6.45) is 4.65. The lowest BCUT2D eigenvalue weighted by atomic mass is 10.1. The molecule has 4 rings (SSSR count). The van der Waals surface area contributed by atoms with Gasteiger partial charge in [-0.25, -0.2) is 9.18 Å². The van der Waals surface area contributed by atoms with Gasteiger partial charge in [0.2, 0.25) is 5.91 Å². The summed E-state index contributed by atoms with van der Waals surface area (Å²) >= 11 is 0. The Balaban J connectivity index is 1.53. The van der Waals surface area contributed by atoms with Gasteiger partial charge in [0.1, 0.15) is 17.3 Å². The van der Waals surface area contributed by atoms with Crippen LogP contribution >= 0.6 is 0 Å². The van der Waals surface area contributed by atoms with E-state index in [-0.39, 0.29) is 40.3 Å². The monoisotopic (exact) mass is 476 g/mol. The fraction of sp³-hybridized carbons (Fsp3) is 0.231. The van der Waals surface area contributed by atoms with Crippen molar-refractivity contribution in [3.05, 3.63) is 77.5 Å². The second-order valence-corrected chi connectivity index (χ2v) is 9.18. The van der Waals surface area contributed by atoms with Gasteiger partial charge in [-0.3, -0.25) is 14.5 Å². The number of halogens is 1. The minimum atomic E-state index is -1.07. The van der Waals surface area contributed by atoms with Crippen LogP contribution in [0.15, 0.2) is 55.0 Å². The van der Waals surface area contributed by atoms with Crippen molar-refractivity contribution in [3.63, 3.8) is 0 Å². The van der Waals surface area contributed by atoms with Crippen LogP contribution in [0.1, 0.15) is 42.3 Å². The quantitative estimate of drug-likeness (QED) is 0.391. The van der Waals surface area contributed by atoms with Gasteiger partial charge < -0.3 is 15.2 Å². The van der Waals surface area contributed by atoms with Gasteiger partial charge in [-0.2, -0.15) is 5.10 Å². The SMILES string of the molecule is Cc1c(Oc2ccnc3ccc(C(=O)O)cc23)ccc(CC(=O)Nc2cnn(C(C)(C)C)c2)c1F. The highest BCUT2D eigenvalue weighted by Gasteiger charge is 2.18. The molecule has 0 aliphatic heterocycles. The van der Waals surface area contributed by atoms with Crippen LogP contribution in [0.5, 0.6) is 11.5 Å². The minimum absolute atomic E-state index is 0.0904. The first kappa shape index (κ1) is 23.9. The minimum Gasteiger partial charge on any atom is -0.478 e. The highest BCUT2D eigenvalue weighted by atomic mass is 19.1. The van der Waals surface area contributed by atoms with E-state index in [9.17, 15) is 14.7 Å². The molecule has 0 aliphatic rings. The number of hydrogen-bond donors (Lipinski definition) is 2. The number of nitrogens with one attached hydrogen (secondary N) is 1. The van der Waals surface area contributed by atoms with Crippen molar-refractivity contribution in [1.29, 1.82) is 0 Å². The van der Waals surface area contributed by atoms with Gasteiger partial charge in [0.05, 0.1) is 34.9 Å². The van der Waals surface area contributed by atoms with E-state index in [1.54, 1.807) is 42.2 Å². The number of carboxylic acid groups (broad SMARTS) is 1. The molecule has 180 valence electrons. The van der Waals surface area contributed by atoms with Crippen molar-refractivity contribution < 1.29 is 23.8 Å². The Bertz CT molecular complexity index is 1440. The second-order valence-electron chi connectivity index (χ2n) is 9.18. The van der Waals surface area contributed by atoms with Gasteiger partial charge >= 0.3 is 5.97 Å². The van der Waals surface area contributed by atoms with Crippen molar-refractivity contribution in [2.24, 2.45) is 0 Å². The molecule has 0 spiro atoms. The van der Waals surface area contributed by atoms with E-state index in [0.717, 1.165) is 0 Å². The lowest BCUT2D eigenvalue weighted by Crippen LogP contribution is -2.22. The summed E-state index contributed by atoms with van der Waals surface area (Å²) in [5.74, 6) is -1.38. The molecule has 0 saturated carbocycles. The van der Waals surface area contributed by atoms with E-state index in [1.165, 1.54) is 24.4 Å². The first-order valence-corrected chi connectivity index (χ1v) is 11.0. The fourth-order valence-electron chi connectivity index (χ4n) is 3.56. The lowest BCUT2D eigenvalue weighted by Gasteiger charge is -2.18. The molecule has 9 heteroatoms. The number of carboxylic acids is 1. The summed E-state index contributed by atoms with van der Waals surface area (Å²) in [5.41, 5.74) is 1.41. The molecular formula is C26H25FN4O4. The molecule has 8 nitrogen and oxygen atoms in total. The average Bonchev–Trinajstić information content (AvgIpc) is 3.27. The molecule has 0 radical (unpaired) electrons. The molecular weight excluding hydrogens is 451 g/mol. The maximum absolute atomic E-state index is 15.1. The zero-order chi connectivity index (χ0) is 25.3. The maximum atomic E-state index is 15.1. The highest BCUT2D eigenvalue weighted by Crippen LogP contribution is 2.33. The first-order chi connectivity index (χ1) is 16.5. The average molecular weight is 477 g/mol. The number of aromatic nitrogens is 3. The number of benzene rings is 2. The standard InChI is InChI=1S/C26H25FN4O4/c1-15-21(35-22-9-10-28-20-7-5-17(25(33)34)11-19(20)22)8-6-16(24(15)27)12-23(32)30-18-13-29-31(14-18)26(2,3)4/h5-11,13-14H,12H2,1-4H3,(H,30,32)(H,33,34). The van der Waals surface area contributed by atoms with Crippen LogP contribution in [0.25, 0.3) is 10.9 Å². The molecule has 2 N–H and O–H groups in total. The van der Waals surface area contributed by atoms with E-state index in [0.29, 0.717) is 22.3 Å². The summed E-state index contributed by atoms with van der Waals surface area (Å²) in [6, 6.07) is 9.19. The normalized spacial score (nSPS) is 11.5. The van der Waals surface area contributed by atoms with Crippen LogP contribution in [0.2, 0.25) is 0 Å². The van der Waals surface area contributed by atoms with E-state index in [4.69, 9.17) is 4.74 Å². The zero-order valence-electron chi connectivity index (χ0n) is 19.8. The van der Waals surface area contributed by atoms with E-state index >= 15 is 4.39 Å². The first-order valence-electron chi connectivity index (χ1n) is 11.0. The molecule has 0 saturated heterocycles. The van der Waals surface area contributed by atoms with Crippen LogP contribution in [-0.4, -0.2) is 31.7 Å². The van der Waals surface area contributed by atoms with Gasteiger partial charge in [-0.05, 0) is 63.6 Å². The number of hydrogen-bond acceptors (Lipinski definition) is 5. The fourth-order valence-corrected chi connectivity index (χ4v) is 3.56. The number of ether oxygens (including phenoxy) is 1. The van der Waals surface area contributed by atoms with Gasteiger partial charge in [-0.15, -0.1) is 0 Å². The number of nitrogens with zero attached hydrogens (tertiary/aromatic N) is 3. The van der Waals surface area contributed by atoms with Crippen molar-refractivity contribution >= 4 is 28.5 Å². The predicted octanol–water partition coefficient (Wildman–Crippen LogP) is 5.31. The Morgan fingerprint density at radius 3 is 2.60 bits per heavy atom. The van der Waals surface area contributed by atoms with Crippen molar-refractivity contribution in [2.45, 2.75) is 39.7 Å². The molecule has 1 amide bonds. The molecule has 0 fully saturated rings. The van der Waals surface area contributed by atoms with Crippen LogP contribution < -0.4 is 10.1 Å². The van der Waals surface area contributed by atoms with Crippen LogP contribution in [0.4, 0.5) is 10.1 Å². The largest absolute Gasteiger partial charge is 0.478 e. The Kier molecular flexibility index (Phi) is 6.26. The Hall–Kier alpha value is -4.27. The van der Waals surface area contributed by atoms with Gasteiger partial charge in [0.25, 0.3) is 0 Å². The molecule has 35 heavy (non-hydrogen) atoms. The van der Waals surface area contributed by atoms with Gasteiger partial charge in [0, 0.05) is 23.3 Å². The third-order valence-corrected chi connectivity index (χ3v) is 5.49. The molecule has 0 bridgehead atoms. The zero-order valence-corrected chi connectivity index (χ0v) is 19.8. The van der Waals surface area contributed by atoms with Crippen LogP contribution in [-0.2, 0) is 16.8 Å². The Morgan fingerprint density at radius 1 is 1.14 bits per heavy atom. The summed E-state index contributed by atoms with van der Waals surface area (Å²) in [7, 11) is 0. The lowest BCUT2D eigenvalue weighted by molar-refractivity contribution is -0.115. The molecule has 2 aromatic carbocycles. The molecule has 0 aliphatic carbocycles. The van der Waals surface area contributed by atoms with Crippen LogP contribution in [0.3, 0.4) is 0 Å². The molecule has 4 aromatic rings. The number of anilines is 1. The summed E-state index contributed by atoms with van der Waals surface area (Å²) in [6.45, 7) is 7.54. The van der Waals surface area contributed by atoms with E-state index in [2.05, 4.69) is 15.4 Å². The third-order valence-electron chi connectivity index (χ3n) is 5.49. The van der Waals surface area contributed by atoms with Crippen LogP contribution in [0, 0.1) is 12.7 Å². The number of fused-ring (bicyclic) bond motifs is 1. The number of rotatable bonds is 6. The van der Waals surface area contributed by atoms with Gasteiger partial charge in [0.15, 0.2) is 0 Å². The van der Waals surface area contributed by atoms with Gasteiger partial charge in [-0.1, -0.05) is 6.07 Å². The molecule has 2 heterocycles. The third kappa shape index (κ3) is 5.13. The molecule has 0 unspecified atom stereocenters. The maximum Gasteiger partial charge on any atom is 0.335 e. The smallest absolute Gasteiger partial charge is 0.335 e. The number of amides is 1. The number of aromatic carboxylic acids is 1. The molecule has 0 atom stereocenters. The second kappa shape index (κ2) is 9.17. The van der Waals surface area contributed by atoms with Crippen molar-refractivity contribution in [1.82, 2.24) is 14.8 Å². The summed E-state index contributed by atoms with van der Waals surface area (Å²) < 4.78 is 22.8. The Labute approximate surface area is 201 Å². The topological polar surface area (TPSA) is 106 Å². The Morgan fingerprint density at radius 2 is 1.91 bits per heavy atom. The predicted molar refractivity (Wildman–Crippen MR) is 129 cm³/mol. The summed E-state index contributed by atoms with van der Waals surface area (Å²) in [5, 5.41) is 16.8. The van der Waals surface area contributed by atoms with Crippen molar-refractivity contribution in [2.75, 3.05) is 5.32 Å².